The summed E-state index contributed by atoms with van der Waals surface area (Å²) in [6.07, 6.45) is 1.22. The zero-order chi connectivity index (χ0) is 15.8. The highest BCUT2D eigenvalue weighted by Crippen LogP contribution is 2.39. The Morgan fingerprint density at radius 2 is 1.86 bits per heavy atom. The van der Waals surface area contributed by atoms with Crippen LogP contribution in [0.25, 0.3) is 0 Å². The van der Waals surface area contributed by atoms with Gasteiger partial charge in [0.2, 0.25) is 0 Å². The van der Waals surface area contributed by atoms with E-state index in [2.05, 4.69) is 37.5 Å². The number of ether oxygens (including phenoxy) is 1. The van der Waals surface area contributed by atoms with Crippen molar-refractivity contribution in [3.8, 4) is 0 Å². The third-order valence-electron chi connectivity index (χ3n) is 5.28. The molecule has 2 atom stereocenters. The molecule has 2 heterocycles. The summed E-state index contributed by atoms with van der Waals surface area (Å²) in [6, 6.07) is 0.647. The number of likely N-dealkylation sites (tertiary alicyclic amines) is 1. The molecular weight excluding hydrogens is 264 g/mol. The molecule has 0 aromatic rings. The highest BCUT2D eigenvalue weighted by atomic mass is 16.5. The van der Waals surface area contributed by atoms with Gasteiger partial charge in [0.05, 0.1) is 11.5 Å². The number of carbonyl (C=O) groups is 1. The van der Waals surface area contributed by atoms with Crippen LogP contribution in [-0.2, 0) is 9.53 Å². The smallest absolute Gasteiger partial charge is 0.171 e. The molecule has 0 radical (unpaired) electrons. The number of carbonyl (C=O) groups excluding carboxylic acids is 1. The van der Waals surface area contributed by atoms with Crippen LogP contribution in [0.1, 0.15) is 48.0 Å². The van der Waals surface area contributed by atoms with Gasteiger partial charge in [-0.2, -0.15) is 0 Å². The first kappa shape index (κ1) is 16.9. The van der Waals surface area contributed by atoms with Gasteiger partial charge in [-0.1, -0.05) is 13.8 Å². The van der Waals surface area contributed by atoms with E-state index in [1.54, 1.807) is 0 Å². The summed E-state index contributed by atoms with van der Waals surface area (Å²) in [5, 5.41) is 0. The van der Waals surface area contributed by atoms with Crippen molar-refractivity contribution < 1.29 is 9.53 Å². The van der Waals surface area contributed by atoms with Crippen LogP contribution in [0.4, 0.5) is 0 Å². The summed E-state index contributed by atoms with van der Waals surface area (Å²) in [7, 11) is 0. The summed E-state index contributed by atoms with van der Waals surface area (Å²) < 4.78 is 6.00. The van der Waals surface area contributed by atoms with Crippen LogP contribution in [0, 0.1) is 5.92 Å². The Balaban J connectivity index is 1.98. The van der Waals surface area contributed by atoms with E-state index in [4.69, 9.17) is 4.74 Å². The van der Waals surface area contributed by atoms with Crippen molar-refractivity contribution in [1.82, 2.24) is 9.80 Å². The number of likely N-dealkylation sites (N-methyl/N-ethyl adjacent to an activating group) is 1. The number of hydrogen-bond donors (Lipinski definition) is 0. The summed E-state index contributed by atoms with van der Waals surface area (Å²) >= 11 is 0. The zero-order valence-electron chi connectivity index (χ0n) is 14.6. The third kappa shape index (κ3) is 3.33. The van der Waals surface area contributed by atoms with E-state index in [0.29, 0.717) is 6.04 Å². The van der Waals surface area contributed by atoms with Gasteiger partial charge in [0.25, 0.3) is 0 Å². The highest BCUT2D eigenvalue weighted by molar-refractivity contribution is 5.91. The van der Waals surface area contributed by atoms with Gasteiger partial charge in [-0.05, 0) is 53.8 Å². The Bertz CT molecular complexity index is 388. The molecule has 4 nitrogen and oxygen atoms in total. The van der Waals surface area contributed by atoms with Gasteiger partial charge in [0.1, 0.15) is 5.60 Å². The van der Waals surface area contributed by atoms with Crippen molar-refractivity contribution >= 4 is 5.78 Å². The van der Waals surface area contributed by atoms with E-state index in [1.165, 1.54) is 6.42 Å². The van der Waals surface area contributed by atoms with Gasteiger partial charge in [-0.15, -0.1) is 0 Å². The molecule has 122 valence electrons. The van der Waals surface area contributed by atoms with Crippen LogP contribution in [-0.4, -0.2) is 65.6 Å². The molecule has 0 saturated carbocycles. The second-order valence-electron chi connectivity index (χ2n) is 7.56. The van der Waals surface area contributed by atoms with Crippen molar-refractivity contribution in [2.24, 2.45) is 5.92 Å². The molecule has 2 rings (SSSR count). The lowest BCUT2D eigenvalue weighted by molar-refractivity contribution is -0.132. The first-order valence-electron chi connectivity index (χ1n) is 8.42. The van der Waals surface area contributed by atoms with E-state index >= 15 is 0 Å². The molecule has 0 aliphatic carbocycles. The van der Waals surface area contributed by atoms with Crippen LogP contribution in [0.15, 0.2) is 0 Å². The topological polar surface area (TPSA) is 32.8 Å². The first-order chi connectivity index (χ1) is 9.71. The summed E-state index contributed by atoms with van der Waals surface area (Å²) in [5.41, 5.74) is -0.986. The van der Waals surface area contributed by atoms with Crippen LogP contribution < -0.4 is 0 Å². The Morgan fingerprint density at radius 3 is 2.33 bits per heavy atom. The van der Waals surface area contributed by atoms with Crippen LogP contribution in [0.3, 0.4) is 0 Å². The maximum absolute atomic E-state index is 12.6. The highest BCUT2D eigenvalue weighted by Gasteiger charge is 2.53. The van der Waals surface area contributed by atoms with Gasteiger partial charge < -0.3 is 9.64 Å². The summed E-state index contributed by atoms with van der Waals surface area (Å²) in [5.74, 6) is 0.252. The number of Topliss-reactive ketones (excluding diaryl/α,β-unsaturated/α-hetero) is 1. The molecule has 2 unspecified atom stereocenters. The number of nitrogens with zero attached hydrogens (tertiary/aromatic N) is 2. The lowest BCUT2D eigenvalue weighted by atomic mass is 9.85. The molecule has 0 N–H and O–H groups in total. The molecule has 0 amide bonds. The normalized spacial score (nSPS) is 32.2. The molecule has 0 bridgehead atoms. The molecule has 2 aliphatic rings. The van der Waals surface area contributed by atoms with Crippen molar-refractivity contribution in [2.45, 2.75) is 65.2 Å². The molecule has 2 aliphatic heterocycles. The van der Waals surface area contributed by atoms with Gasteiger partial charge >= 0.3 is 0 Å². The van der Waals surface area contributed by atoms with Crippen molar-refractivity contribution in [2.75, 3.05) is 32.7 Å². The standard InChI is InChI=1S/C17H32N2O2/c1-7-19(8-2)13-9-10-18(11-13)12-14-15(20)17(5,6)21-16(14,3)4/h13-14H,7-12H2,1-6H3. The van der Waals surface area contributed by atoms with Gasteiger partial charge in [0.15, 0.2) is 5.78 Å². The lowest BCUT2D eigenvalue weighted by Crippen LogP contribution is -2.42. The van der Waals surface area contributed by atoms with Gasteiger partial charge in [-0.25, -0.2) is 0 Å². The Labute approximate surface area is 129 Å². The molecule has 2 fully saturated rings. The average Bonchev–Trinajstić information content (AvgIpc) is 2.88. The van der Waals surface area contributed by atoms with Crippen LogP contribution in [0.2, 0.25) is 0 Å². The fourth-order valence-electron chi connectivity index (χ4n) is 4.09. The maximum Gasteiger partial charge on any atom is 0.171 e. The second kappa shape index (κ2) is 5.98. The minimum absolute atomic E-state index is 0.0112. The summed E-state index contributed by atoms with van der Waals surface area (Å²) in [4.78, 5) is 17.6. The van der Waals surface area contributed by atoms with Crippen LogP contribution >= 0.6 is 0 Å². The Morgan fingerprint density at radius 1 is 1.24 bits per heavy atom. The molecule has 21 heavy (non-hydrogen) atoms. The Hall–Kier alpha value is -0.450. The van der Waals surface area contributed by atoms with Crippen molar-refractivity contribution in [3.63, 3.8) is 0 Å². The van der Waals surface area contributed by atoms with Gasteiger partial charge in [-0.3, -0.25) is 9.69 Å². The van der Waals surface area contributed by atoms with Crippen molar-refractivity contribution in [3.05, 3.63) is 0 Å². The number of rotatable bonds is 5. The maximum atomic E-state index is 12.6. The fraction of sp³-hybridized carbons (Fsp3) is 0.941. The Kier molecular flexibility index (Phi) is 4.81. The first-order valence-corrected chi connectivity index (χ1v) is 8.42. The predicted octanol–water partition coefficient (Wildman–Crippen LogP) is 2.18. The van der Waals surface area contributed by atoms with E-state index in [0.717, 1.165) is 32.7 Å². The number of ketones is 1. The van der Waals surface area contributed by atoms with Crippen molar-refractivity contribution in [1.29, 1.82) is 0 Å². The minimum Gasteiger partial charge on any atom is -0.361 e. The largest absolute Gasteiger partial charge is 0.361 e. The number of hydrogen-bond acceptors (Lipinski definition) is 4. The monoisotopic (exact) mass is 296 g/mol. The quantitative estimate of drug-likeness (QED) is 0.778. The lowest BCUT2D eigenvalue weighted by Gasteiger charge is -2.30. The van der Waals surface area contributed by atoms with Crippen LogP contribution in [0.5, 0.6) is 0 Å². The average molecular weight is 296 g/mol. The predicted molar refractivity (Wildman–Crippen MR) is 85.5 cm³/mol. The van der Waals surface area contributed by atoms with E-state index in [1.807, 2.05) is 13.8 Å². The zero-order valence-corrected chi connectivity index (χ0v) is 14.6. The summed E-state index contributed by atoms with van der Waals surface area (Å²) in [6.45, 7) is 17.6. The fourth-order valence-corrected chi connectivity index (χ4v) is 4.09. The third-order valence-corrected chi connectivity index (χ3v) is 5.28. The SMILES string of the molecule is CCN(CC)C1CCN(CC2C(=O)C(C)(C)OC2(C)C)C1. The molecule has 4 heteroatoms. The molecule has 0 aromatic carbocycles. The minimum atomic E-state index is -0.633. The molecule has 0 aromatic heterocycles. The van der Waals surface area contributed by atoms with E-state index in [9.17, 15) is 4.79 Å². The molecule has 0 spiro atoms. The van der Waals surface area contributed by atoms with Gasteiger partial charge in [0, 0.05) is 19.1 Å². The second-order valence-corrected chi connectivity index (χ2v) is 7.56. The molecule has 2 saturated heterocycles. The molecular formula is C17H32N2O2. The van der Waals surface area contributed by atoms with E-state index in [-0.39, 0.29) is 17.3 Å². The van der Waals surface area contributed by atoms with E-state index < -0.39 is 5.60 Å².